The molecule has 16 heavy (non-hydrogen) atoms. The van der Waals surface area contributed by atoms with Crippen LogP contribution in [-0.2, 0) is 0 Å². The number of halogens is 2. The average molecular weight is 227 g/mol. The van der Waals surface area contributed by atoms with Crippen molar-refractivity contribution in [3.63, 3.8) is 0 Å². The summed E-state index contributed by atoms with van der Waals surface area (Å²) in [5.41, 5.74) is -3.34. The maximum absolute atomic E-state index is 12.4. The highest BCUT2D eigenvalue weighted by molar-refractivity contribution is 5.81. The Morgan fingerprint density at radius 1 is 1.62 bits per heavy atom. The lowest BCUT2D eigenvalue weighted by Crippen LogP contribution is -2.04. The van der Waals surface area contributed by atoms with Crippen LogP contribution in [0, 0.1) is 21.4 Å². The monoisotopic (exact) mass is 227 g/mol. The molecule has 0 saturated heterocycles. The number of aromatic nitrogens is 1. The molecule has 0 saturated carbocycles. The van der Waals surface area contributed by atoms with Crippen molar-refractivity contribution in [2.75, 3.05) is 0 Å². The largest absolute Gasteiger partial charge is 0.316 e. The van der Waals surface area contributed by atoms with Crippen molar-refractivity contribution < 1.29 is 18.5 Å². The van der Waals surface area contributed by atoms with E-state index in [0.29, 0.717) is 6.20 Å². The summed E-state index contributed by atoms with van der Waals surface area (Å²) in [5, 5.41) is 19.1. The molecule has 0 aliphatic carbocycles. The Morgan fingerprint density at radius 3 is 2.62 bits per heavy atom. The molecule has 0 unspecified atom stereocenters. The van der Waals surface area contributed by atoms with Crippen molar-refractivity contribution in [2.24, 2.45) is 0 Å². The second-order valence-electron chi connectivity index (χ2n) is 2.61. The van der Waals surface area contributed by atoms with Crippen molar-refractivity contribution in [3.8, 4) is 6.07 Å². The number of aldehydes is 1. The zero-order valence-electron chi connectivity index (χ0n) is 7.55. The number of rotatable bonds is 3. The van der Waals surface area contributed by atoms with E-state index in [4.69, 9.17) is 5.26 Å². The van der Waals surface area contributed by atoms with Crippen molar-refractivity contribution in [1.29, 1.82) is 5.26 Å². The molecule has 0 radical (unpaired) electrons. The lowest BCUT2D eigenvalue weighted by atomic mass is 10.1. The Bertz CT molecular complexity index is 496. The molecule has 0 N–H and O–H groups in total. The van der Waals surface area contributed by atoms with Crippen molar-refractivity contribution in [2.45, 2.75) is 6.43 Å². The standard InChI is InChI=1S/C8H3F2N3O3/c9-8(10)5-2-12-6(3-14)7(13(15)16)4(5)1-11/h2-3,8H. The minimum atomic E-state index is -3.07. The number of hydrogen-bond donors (Lipinski definition) is 0. The third-order valence-corrected chi connectivity index (χ3v) is 1.75. The maximum Gasteiger partial charge on any atom is 0.316 e. The number of nitrogens with zero attached hydrogens (tertiary/aromatic N) is 3. The summed E-state index contributed by atoms with van der Waals surface area (Å²) in [5.74, 6) is 0. The van der Waals surface area contributed by atoms with Gasteiger partial charge in [0.2, 0.25) is 0 Å². The van der Waals surface area contributed by atoms with Crippen LogP contribution >= 0.6 is 0 Å². The van der Waals surface area contributed by atoms with Gasteiger partial charge in [0, 0.05) is 6.20 Å². The Kier molecular flexibility index (Phi) is 3.20. The van der Waals surface area contributed by atoms with Gasteiger partial charge in [-0.15, -0.1) is 0 Å². The van der Waals surface area contributed by atoms with Gasteiger partial charge in [0.15, 0.2) is 12.0 Å². The van der Waals surface area contributed by atoms with Crippen LogP contribution in [0.25, 0.3) is 0 Å². The Balaban J connectivity index is 3.64. The van der Waals surface area contributed by atoms with Gasteiger partial charge >= 0.3 is 5.69 Å². The second-order valence-corrected chi connectivity index (χ2v) is 2.61. The van der Waals surface area contributed by atoms with E-state index in [9.17, 15) is 23.7 Å². The lowest BCUT2D eigenvalue weighted by Gasteiger charge is -2.03. The summed E-state index contributed by atoms with van der Waals surface area (Å²) in [6, 6.07) is 1.28. The first kappa shape index (κ1) is 11.6. The summed E-state index contributed by atoms with van der Waals surface area (Å²) in [4.78, 5) is 23.1. The number of carbonyl (C=O) groups is 1. The van der Waals surface area contributed by atoms with E-state index in [1.807, 2.05) is 0 Å². The normalized spacial score (nSPS) is 9.88. The quantitative estimate of drug-likeness (QED) is 0.443. The Morgan fingerprint density at radius 2 is 2.25 bits per heavy atom. The smallest absolute Gasteiger partial charge is 0.296 e. The molecule has 0 fully saturated rings. The van der Waals surface area contributed by atoms with E-state index in [-0.39, 0.29) is 6.29 Å². The van der Waals surface area contributed by atoms with Gasteiger partial charge in [0.1, 0.15) is 11.6 Å². The van der Waals surface area contributed by atoms with Gasteiger partial charge in [-0.25, -0.2) is 13.8 Å². The first-order valence-electron chi connectivity index (χ1n) is 3.83. The predicted molar refractivity (Wildman–Crippen MR) is 46.0 cm³/mol. The molecular weight excluding hydrogens is 224 g/mol. The highest BCUT2D eigenvalue weighted by Gasteiger charge is 2.27. The van der Waals surface area contributed by atoms with Crippen LogP contribution in [0.2, 0.25) is 0 Å². The predicted octanol–water partition coefficient (Wildman–Crippen LogP) is 1.61. The van der Waals surface area contributed by atoms with Crippen molar-refractivity contribution in [1.82, 2.24) is 4.98 Å². The van der Waals surface area contributed by atoms with E-state index in [2.05, 4.69) is 4.98 Å². The third kappa shape index (κ3) is 1.83. The van der Waals surface area contributed by atoms with E-state index >= 15 is 0 Å². The lowest BCUT2D eigenvalue weighted by molar-refractivity contribution is -0.385. The van der Waals surface area contributed by atoms with Crippen LogP contribution < -0.4 is 0 Å². The van der Waals surface area contributed by atoms with Crippen LogP contribution in [0.3, 0.4) is 0 Å². The molecule has 1 aromatic rings. The van der Waals surface area contributed by atoms with Gasteiger partial charge in [-0.2, -0.15) is 5.26 Å². The first-order valence-corrected chi connectivity index (χ1v) is 3.83. The Hall–Kier alpha value is -2.43. The zero-order valence-corrected chi connectivity index (χ0v) is 7.55. The van der Waals surface area contributed by atoms with Gasteiger partial charge in [0.25, 0.3) is 6.43 Å². The number of nitriles is 1. The number of carbonyl (C=O) groups excluding carboxylic acids is 1. The fraction of sp³-hybridized carbons (Fsp3) is 0.125. The number of pyridine rings is 1. The number of hydrogen-bond acceptors (Lipinski definition) is 5. The van der Waals surface area contributed by atoms with E-state index in [0.717, 1.165) is 0 Å². The number of nitro groups is 1. The molecule has 1 aromatic heterocycles. The Labute approximate surface area is 87.3 Å². The highest BCUT2D eigenvalue weighted by atomic mass is 19.3. The van der Waals surface area contributed by atoms with Crippen LogP contribution in [0.4, 0.5) is 14.5 Å². The second kappa shape index (κ2) is 4.39. The summed E-state index contributed by atoms with van der Waals surface area (Å²) in [6.45, 7) is 0. The minimum absolute atomic E-state index is 0.0359. The summed E-state index contributed by atoms with van der Waals surface area (Å²) in [6.07, 6.45) is -2.45. The molecule has 0 amide bonds. The molecule has 0 spiro atoms. The molecule has 0 aromatic carbocycles. The highest BCUT2D eigenvalue weighted by Crippen LogP contribution is 2.29. The molecule has 1 heterocycles. The van der Waals surface area contributed by atoms with E-state index in [1.54, 1.807) is 0 Å². The van der Waals surface area contributed by atoms with Gasteiger partial charge in [-0.05, 0) is 0 Å². The molecule has 8 heteroatoms. The van der Waals surface area contributed by atoms with Crippen LogP contribution in [-0.4, -0.2) is 16.2 Å². The summed E-state index contributed by atoms with van der Waals surface area (Å²) >= 11 is 0. The van der Waals surface area contributed by atoms with E-state index < -0.39 is 33.9 Å². The molecule has 0 aliphatic heterocycles. The van der Waals surface area contributed by atoms with Gasteiger partial charge in [0.05, 0.1) is 10.5 Å². The van der Waals surface area contributed by atoms with Gasteiger partial charge < -0.3 is 0 Å². The number of alkyl halides is 2. The fourth-order valence-electron chi connectivity index (χ4n) is 1.08. The fourth-order valence-corrected chi connectivity index (χ4v) is 1.08. The minimum Gasteiger partial charge on any atom is -0.296 e. The van der Waals surface area contributed by atoms with Gasteiger partial charge in [-0.3, -0.25) is 14.9 Å². The van der Waals surface area contributed by atoms with Crippen molar-refractivity contribution >= 4 is 12.0 Å². The molecule has 1 rings (SSSR count). The van der Waals surface area contributed by atoms with Crippen LogP contribution in [0.5, 0.6) is 0 Å². The molecule has 82 valence electrons. The molecule has 0 atom stereocenters. The van der Waals surface area contributed by atoms with E-state index in [1.165, 1.54) is 6.07 Å². The first-order chi connectivity index (χ1) is 7.52. The molecule has 6 nitrogen and oxygen atoms in total. The van der Waals surface area contributed by atoms with Gasteiger partial charge in [-0.1, -0.05) is 0 Å². The SMILES string of the molecule is N#Cc1c(C(F)F)cnc(C=O)c1[N+](=O)[O-]. The van der Waals surface area contributed by atoms with Crippen molar-refractivity contribution in [3.05, 3.63) is 33.1 Å². The maximum atomic E-state index is 12.4. The van der Waals surface area contributed by atoms with Crippen LogP contribution in [0.15, 0.2) is 6.20 Å². The zero-order chi connectivity index (χ0) is 12.3. The molecule has 0 aliphatic rings. The molecule has 0 bridgehead atoms. The third-order valence-electron chi connectivity index (χ3n) is 1.75. The summed E-state index contributed by atoms with van der Waals surface area (Å²) < 4.78 is 24.8. The summed E-state index contributed by atoms with van der Waals surface area (Å²) in [7, 11) is 0. The average Bonchev–Trinajstić information content (AvgIpc) is 2.26. The molecular formula is C8H3F2N3O3. The van der Waals surface area contributed by atoms with Crippen LogP contribution in [0.1, 0.15) is 28.0 Å². The topological polar surface area (TPSA) is 96.9 Å².